The van der Waals surface area contributed by atoms with E-state index in [9.17, 15) is 4.79 Å². The van der Waals surface area contributed by atoms with Crippen molar-refractivity contribution in [2.75, 3.05) is 13.1 Å². The molecule has 2 atom stereocenters. The number of likely N-dealkylation sites (tertiary alicyclic amines) is 1. The lowest BCUT2D eigenvalue weighted by atomic mass is 10.0. The molecular formula is C15H22N2O. The first-order valence-corrected chi connectivity index (χ1v) is 6.74. The number of hydrogen-bond acceptors (Lipinski definition) is 2. The van der Waals surface area contributed by atoms with Crippen molar-refractivity contribution in [3.05, 3.63) is 35.4 Å². The fraction of sp³-hybridized carbons (Fsp3) is 0.533. The van der Waals surface area contributed by atoms with Gasteiger partial charge in [0.1, 0.15) is 0 Å². The molecule has 3 heteroatoms. The average Bonchev–Trinajstić information content (AvgIpc) is 2.72. The molecule has 18 heavy (non-hydrogen) atoms. The van der Waals surface area contributed by atoms with Crippen LogP contribution < -0.4 is 5.32 Å². The zero-order chi connectivity index (χ0) is 13.1. The summed E-state index contributed by atoms with van der Waals surface area (Å²) in [5.74, 6) is 0.243. The van der Waals surface area contributed by atoms with Gasteiger partial charge in [-0.1, -0.05) is 31.2 Å². The molecule has 0 spiro atoms. The molecule has 0 bridgehead atoms. The van der Waals surface area contributed by atoms with Crippen LogP contribution >= 0.6 is 0 Å². The minimum atomic E-state index is 0.0152. The van der Waals surface area contributed by atoms with Crippen molar-refractivity contribution >= 4 is 5.91 Å². The zero-order valence-corrected chi connectivity index (χ0v) is 11.4. The predicted molar refractivity (Wildman–Crippen MR) is 73.4 cm³/mol. The Morgan fingerprint density at radius 2 is 2.17 bits per heavy atom. The molecule has 2 rings (SSSR count). The molecule has 1 fully saturated rings. The van der Waals surface area contributed by atoms with Crippen LogP contribution in [0.4, 0.5) is 0 Å². The fourth-order valence-electron chi connectivity index (χ4n) is 2.75. The molecule has 0 aromatic heterocycles. The Hall–Kier alpha value is -1.35. The van der Waals surface area contributed by atoms with Crippen molar-refractivity contribution in [1.82, 2.24) is 10.2 Å². The van der Waals surface area contributed by atoms with E-state index in [1.54, 1.807) is 0 Å². The minimum absolute atomic E-state index is 0.0152. The van der Waals surface area contributed by atoms with Crippen LogP contribution in [0.25, 0.3) is 0 Å². The zero-order valence-electron chi connectivity index (χ0n) is 11.4. The van der Waals surface area contributed by atoms with E-state index >= 15 is 0 Å². The van der Waals surface area contributed by atoms with E-state index in [0.29, 0.717) is 0 Å². The maximum Gasteiger partial charge on any atom is 0.240 e. The van der Waals surface area contributed by atoms with Gasteiger partial charge in [0.05, 0.1) is 12.1 Å². The van der Waals surface area contributed by atoms with Crippen molar-refractivity contribution in [3.8, 4) is 0 Å². The lowest BCUT2D eigenvalue weighted by molar-refractivity contribution is -0.131. The van der Waals surface area contributed by atoms with Crippen molar-refractivity contribution in [2.45, 2.75) is 39.3 Å². The highest BCUT2D eigenvalue weighted by atomic mass is 16.2. The lowest BCUT2D eigenvalue weighted by Gasteiger charge is -2.26. The molecule has 1 saturated heterocycles. The summed E-state index contributed by atoms with van der Waals surface area (Å²) in [6.45, 7) is 7.97. The van der Waals surface area contributed by atoms with Gasteiger partial charge in [0.15, 0.2) is 0 Å². The van der Waals surface area contributed by atoms with Crippen LogP contribution in [-0.2, 0) is 4.79 Å². The summed E-state index contributed by atoms with van der Waals surface area (Å²) in [5, 5.41) is 3.25. The van der Waals surface area contributed by atoms with Gasteiger partial charge in [-0.25, -0.2) is 0 Å². The van der Waals surface area contributed by atoms with Gasteiger partial charge in [0.25, 0.3) is 0 Å². The van der Waals surface area contributed by atoms with Gasteiger partial charge in [-0.3, -0.25) is 4.79 Å². The Bertz CT molecular complexity index is 430. The summed E-state index contributed by atoms with van der Waals surface area (Å²) >= 11 is 0. The highest BCUT2D eigenvalue weighted by Crippen LogP contribution is 2.27. The SMILES string of the molecule is CCNC1CCN(C(C)c2ccccc2C)C1=O. The Kier molecular flexibility index (Phi) is 4.02. The molecule has 2 unspecified atom stereocenters. The van der Waals surface area contributed by atoms with Crippen LogP contribution in [-0.4, -0.2) is 29.9 Å². The summed E-state index contributed by atoms with van der Waals surface area (Å²) in [7, 11) is 0. The van der Waals surface area contributed by atoms with E-state index in [1.165, 1.54) is 11.1 Å². The molecule has 0 radical (unpaired) electrons. The topological polar surface area (TPSA) is 32.3 Å². The van der Waals surface area contributed by atoms with E-state index < -0.39 is 0 Å². The molecule has 1 amide bonds. The standard InChI is InChI=1S/C15H22N2O/c1-4-16-14-9-10-17(15(14)18)12(3)13-8-6-5-7-11(13)2/h5-8,12,14,16H,4,9-10H2,1-3H3. The van der Waals surface area contributed by atoms with Crippen molar-refractivity contribution < 1.29 is 4.79 Å². The minimum Gasteiger partial charge on any atom is -0.334 e. The molecule has 1 aromatic carbocycles. The lowest BCUT2D eigenvalue weighted by Crippen LogP contribution is -2.39. The first-order valence-electron chi connectivity index (χ1n) is 6.74. The summed E-state index contributed by atoms with van der Waals surface area (Å²) < 4.78 is 0. The Labute approximate surface area is 109 Å². The second kappa shape index (κ2) is 5.53. The van der Waals surface area contributed by atoms with E-state index in [1.807, 2.05) is 24.0 Å². The van der Waals surface area contributed by atoms with Crippen LogP contribution in [0.3, 0.4) is 0 Å². The number of aryl methyl sites for hydroxylation is 1. The number of amides is 1. The third-order valence-electron chi connectivity index (χ3n) is 3.80. The van der Waals surface area contributed by atoms with Gasteiger partial charge in [0, 0.05) is 6.54 Å². The van der Waals surface area contributed by atoms with E-state index in [0.717, 1.165) is 19.5 Å². The van der Waals surface area contributed by atoms with Crippen LogP contribution in [0, 0.1) is 6.92 Å². The smallest absolute Gasteiger partial charge is 0.240 e. The van der Waals surface area contributed by atoms with E-state index in [4.69, 9.17) is 0 Å². The summed E-state index contributed by atoms with van der Waals surface area (Å²) in [6, 6.07) is 8.49. The molecular weight excluding hydrogens is 224 g/mol. The number of hydrogen-bond donors (Lipinski definition) is 1. The number of nitrogens with one attached hydrogen (secondary N) is 1. The normalized spacial score (nSPS) is 21.4. The quantitative estimate of drug-likeness (QED) is 0.884. The maximum atomic E-state index is 12.3. The van der Waals surface area contributed by atoms with Gasteiger partial charge in [-0.05, 0) is 37.9 Å². The van der Waals surface area contributed by atoms with Gasteiger partial charge in [-0.15, -0.1) is 0 Å². The fourth-order valence-corrected chi connectivity index (χ4v) is 2.75. The first-order chi connectivity index (χ1) is 8.65. The summed E-state index contributed by atoms with van der Waals surface area (Å²) in [6.07, 6.45) is 0.920. The van der Waals surface area contributed by atoms with Crippen LogP contribution in [0.15, 0.2) is 24.3 Å². The number of benzene rings is 1. The summed E-state index contributed by atoms with van der Waals surface area (Å²) in [4.78, 5) is 14.3. The summed E-state index contributed by atoms with van der Waals surface area (Å²) in [5.41, 5.74) is 2.51. The molecule has 1 aliphatic heterocycles. The van der Waals surface area contributed by atoms with Gasteiger partial charge in [0.2, 0.25) is 5.91 Å². The van der Waals surface area contributed by atoms with Gasteiger partial charge < -0.3 is 10.2 Å². The average molecular weight is 246 g/mol. The first kappa shape index (κ1) is 13.1. The van der Waals surface area contributed by atoms with Gasteiger partial charge in [-0.2, -0.15) is 0 Å². The Morgan fingerprint density at radius 1 is 1.44 bits per heavy atom. The number of carbonyl (C=O) groups is 1. The van der Waals surface area contributed by atoms with Crippen molar-refractivity contribution in [3.63, 3.8) is 0 Å². The predicted octanol–water partition coefficient (Wildman–Crippen LogP) is 2.27. The molecule has 1 aromatic rings. The van der Waals surface area contributed by atoms with Gasteiger partial charge >= 0.3 is 0 Å². The van der Waals surface area contributed by atoms with Crippen molar-refractivity contribution in [2.24, 2.45) is 0 Å². The maximum absolute atomic E-state index is 12.3. The number of rotatable bonds is 4. The van der Waals surface area contributed by atoms with E-state index in [2.05, 4.69) is 31.3 Å². The molecule has 3 nitrogen and oxygen atoms in total. The van der Waals surface area contributed by atoms with Crippen molar-refractivity contribution in [1.29, 1.82) is 0 Å². The van der Waals surface area contributed by atoms with E-state index in [-0.39, 0.29) is 18.0 Å². The van der Waals surface area contributed by atoms with Crippen LogP contribution in [0.1, 0.15) is 37.4 Å². The Morgan fingerprint density at radius 3 is 2.83 bits per heavy atom. The highest BCUT2D eigenvalue weighted by Gasteiger charge is 2.34. The third kappa shape index (κ3) is 2.41. The number of likely N-dealkylation sites (N-methyl/N-ethyl adjacent to an activating group) is 1. The second-order valence-corrected chi connectivity index (χ2v) is 4.96. The molecule has 1 heterocycles. The highest BCUT2D eigenvalue weighted by molar-refractivity contribution is 5.84. The number of nitrogens with zero attached hydrogens (tertiary/aromatic N) is 1. The molecule has 98 valence electrons. The Balaban J connectivity index is 2.14. The molecule has 1 aliphatic rings. The molecule has 1 N–H and O–H groups in total. The largest absolute Gasteiger partial charge is 0.334 e. The third-order valence-corrected chi connectivity index (χ3v) is 3.80. The second-order valence-electron chi connectivity index (χ2n) is 4.96. The molecule has 0 saturated carbocycles. The van der Waals surface area contributed by atoms with Crippen LogP contribution in [0.2, 0.25) is 0 Å². The monoisotopic (exact) mass is 246 g/mol. The van der Waals surface area contributed by atoms with Crippen LogP contribution in [0.5, 0.6) is 0 Å². The number of carbonyl (C=O) groups excluding carboxylic acids is 1. The molecule has 0 aliphatic carbocycles.